The number of amides is 2. The lowest BCUT2D eigenvalue weighted by atomic mass is 10.0. The molecule has 0 atom stereocenters. The fourth-order valence-corrected chi connectivity index (χ4v) is 5.61. The Balaban J connectivity index is 1.08. The number of benzene rings is 4. The van der Waals surface area contributed by atoms with Crippen molar-refractivity contribution in [1.82, 2.24) is 14.5 Å². The van der Waals surface area contributed by atoms with Gasteiger partial charge in [-0.15, -0.1) is 0 Å². The van der Waals surface area contributed by atoms with Gasteiger partial charge in [-0.25, -0.2) is 4.98 Å². The number of para-hydroxylation sites is 1. The van der Waals surface area contributed by atoms with Crippen molar-refractivity contribution >= 4 is 34.2 Å². The molecule has 2 aromatic heterocycles. The lowest BCUT2D eigenvalue weighted by Gasteiger charge is -2.18. The van der Waals surface area contributed by atoms with Gasteiger partial charge in [0.1, 0.15) is 11.3 Å². The van der Waals surface area contributed by atoms with Crippen molar-refractivity contribution in [3.05, 3.63) is 147 Å². The number of aryl methyl sites for hydroxylation is 2. The standard InChI is InChI=1S/C39H37N5O5/c1-25-19-31(32(20-26(25)2)42-39(47)37-22-34(45)30-7-5-6-8-35(30)49-37)38(46)41-29-12-9-27(10-13-29)15-17-43(3)23-28-11-14-33(36(21-28)48-4)44-18-16-40-24-44/h5-14,16,18-22,24H,15,17,23H2,1-4H3,(H,41,46)(H,42,47). The number of ether oxygens (including phenoxy) is 1. The molecule has 0 spiro atoms. The maximum absolute atomic E-state index is 13.5. The topological polar surface area (TPSA) is 119 Å². The maximum Gasteiger partial charge on any atom is 0.291 e. The van der Waals surface area contributed by atoms with E-state index in [0.717, 1.165) is 59.3 Å². The first-order valence-corrected chi connectivity index (χ1v) is 15.9. The van der Waals surface area contributed by atoms with Crippen molar-refractivity contribution in [3.63, 3.8) is 0 Å². The molecule has 0 unspecified atom stereocenters. The van der Waals surface area contributed by atoms with Crippen molar-refractivity contribution in [2.75, 3.05) is 31.3 Å². The van der Waals surface area contributed by atoms with E-state index in [9.17, 15) is 14.4 Å². The van der Waals surface area contributed by atoms with Crippen LogP contribution in [0.25, 0.3) is 16.7 Å². The molecule has 0 fully saturated rings. The second-order valence-electron chi connectivity index (χ2n) is 12.0. The number of rotatable bonds is 11. The summed E-state index contributed by atoms with van der Waals surface area (Å²) in [5, 5.41) is 6.11. The summed E-state index contributed by atoms with van der Waals surface area (Å²) in [5.41, 5.74) is 6.23. The van der Waals surface area contributed by atoms with Gasteiger partial charge >= 0.3 is 0 Å². The van der Waals surface area contributed by atoms with Gasteiger partial charge in [-0.1, -0.05) is 30.3 Å². The Bertz CT molecular complexity index is 2190. The number of nitrogens with zero attached hydrogens (tertiary/aromatic N) is 3. The molecular weight excluding hydrogens is 618 g/mol. The van der Waals surface area contributed by atoms with Crippen LogP contribution in [0.2, 0.25) is 0 Å². The van der Waals surface area contributed by atoms with Gasteiger partial charge in [-0.2, -0.15) is 0 Å². The SMILES string of the molecule is COc1cc(CN(C)CCc2ccc(NC(=O)c3cc(C)c(C)cc3NC(=O)c3cc(=O)c4ccccc4o3)cc2)ccc1-n1ccnc1. The lowest BCUT2D eigenvalue weighted by Crippen LogP contribution is -2.21. The molecule has 2 heterocycles. The number of hydrogen-bond acceptors (Lipinski definition) is 7. The third kappa shape index (κ3) is 7.61. The van der Waals surface area contributed by atoms with Crippen molar-refractivity contribution < 1.29 is 18.7 Å². The Hall–Kier alpha value is -6.00. The summed E-state index contributed by atoms with van der Waals surface area (Å²) in [5.74, 6) is -0.353. The zero-order valence-corrected chi connectivity index (χ0v) is 27.8. The first kappa shape index (κ1) is 32.9. The number of hydrogen-bond donors (Lipinski definition) is 2. The minimum Gasteiger partial charge on any atom is -0.495 e. The molecule has 10 heteroatoms. The number of aromatic nitrogens is 2. The molecule has 0 bridgehead atoms. The fraction of sp³-hybridized carbons (Fsp3) is 0.179. The highest BCUT2D eigenvalue weighted by molar-refractivity contribution is 6.12. The minimum atomic E-state index is -0.625. The average molecular weight is 656 g/mol. The molecule has 0 radical (unpaired) electrons. The molecule has 248 valence electrons. The third-order valence-corrected chi connectivity index (χ3v) is 8.46. The van der Waals surface area contributed by atoms with Crippen LogP contribution in [0.4, 0.5) is 11.4 Å². The molecule has 0 saturated heterocycles. The van der Waals surface area contributed by atoms with Crippen LogP contribution in [-0.2, 0) is 13.0 Å². The predicted molar refractivity (Wildman–Crippen MR) is 191 cm³/mol. The molecule has 10 nitrogen and oxygen atoms in total. The summed E-state index contributed by atoms with van der Waals surface area (Å²) in [7, 11) is 3.75. The van der Waals surface area contributed by atoms with Crippen molar-refractivity contribution in [2.24, 2.45) is 0 Å². The lowest BCUT2D eigenvalue weighted by molar-refractivity contribution is 0.0997. The maximum atomic E-state index is 13.5. The molecule has 2 N–H and O–H groups in total. The number of fused-ring (bicyclic) bond motifs is 1. The number of methoxy groups -OCH3 is 1. The summed E-state index contributed by atoms with van der Waals surface area (Å²) >= 11 is 0. The average Bonchev–Trinajstić information content (AvgIpc) is 3.64. The molecule has 2 amide bonds. The van der Waals surface area contributed by atoms with Gasteiger partial charge in [-0.3, -0.25) is 14.4 Å². The van der Waals surface area contributed by atoms with Gasteiger partial charge in [-0.05, 0) is 98.1 Å². The number of carbonyl (C=O) groups excluding carboxylic acids is 2. The first-order valence-electron chi connectivity index (χ1n) is 15.9. The Labute approximate surface area is 284 Å². The molecule has 6 rings (SSSR count). The van der Waals surface area contributed by atoms with Gasteiger partial charge in [0.05, 0.1) is 35.8 Å². The largest absolute Gasteiger partial charge is 0.495 e. The van der Waals surface area contributed by atoms with Crippen LogP contribution in [-0.4, -0.2) is 47.0 Å². The minimum absolute atomic E-state index is 0.141. The van der Waals surface area contributed by atoms with Gasteiger partial charge in [0, 0.05) is 37.2 Å². The Kier molecular flexibility index (Phi) is 9.68. The molecule has 0 aliphatic rings. The molecule has 6 aromatic rings. The van der Waals surface area contributed by atoms with Crippen LogP contribution in [0.1, 0.15) is 43.2 Å². The van der Waals surface area contributed by atoms with Gasteiger partial charge in [0.2, 0.25) is 0 Å². The molecule has 49 heavy (non-hydrogen) atoms. The van der Waals surface area contributed by atoms with Crippen LogP contribution in [0.5, 0.6) is 5.75 Å². The summed E-state index contributed by atoms with van der Waals surface area (Å²) in [6.07, 6.45) is 6.20. The van der Waals surface area contributed by atoms with E-state index >= 15 is 0 Å². The highest BCUT2D eigenvalue weighted by atomic mass is 16.5. The smallest absolute Gasteiger partial charge is 0.291 e. The number of imidazole rings is 1. The van der Waals surface area contributed by atoms with Gasteiger partial charge < -0.3 is 29.3 Å². The second-order valence-corrected chi connectivity index (χ2v) is 12.0. The molecule has 0 saturated carbocycles. The Morgan fingerprint density at radius 1 is 0.898 bits per heavy atom. The van der Waals surface area contributed by atoms with Crippen LogP contribution >= 0.6 is 0 Å². The van der Waals surface area contributed by atoms with Crippen molar-refractivity contribution in [2.45, 2.75) is 26.8 Å². The highest BCUT2D eigenvalue weighted by Crippen LogP contribution is 2.26. The Morgan fingerprint density at radius 2 is 1.65 bits per heavy atom. The quantitative estimate of drug-likeness (QED) is 0.158. The van der Waals surface area contributed by atoms with Crippen molar-refractivity contribution in [1.29, 1.82) is 0 Å². The Morgan fingerprint density at radius 3 is 2.41 bits per heavy atom. The normalized spacial score (nSPS) is 11.1. The zero-order valence-electron chi connectivity index (χ0n) is 27.8. The summed E-state index contributed by atoms with van der Waals surface area (Å²) < 4.78 is 13.3. The fourth-order valence-electron chi connectivity index (χ4n) is 5.61. The van der Waals surface area contributed by atoms with Crippen molar-refractivity contribution in [3.8, 4) is 11.4 Å². The number of carbonyl (C=O) groups is 2. The first-order chi connectivity index (χ1) is 23.7. The zero-order chi connectivity index (χ0) is 34.5. The summed E-state index contributed by atoms with van der Waals surface area (Å²) in [6, 6.07) is 25.3. The van der Waals surface area contributed by atoms with Crippen LogP contribution in [0, 0.1) is 13.8 Å². The third-order valence-electron chi connectivity index (χ3n) is 8.46. The van der Waals surface area contributed by atoms with E-state index in [0.29, 0.717) is 27.9 Å². The van der Waals surface area contributed by atoms with Crippen LogP contribution < -0.4 is 20.8 Å². The van der Waals surface area contributed by atoms with E-state index in [4.69, 9.17) is 9.15 Å². The molecule has 0 aliphatic heterocycles. The van der Waals surface area contributed by atoms with E-state index in [1.54, 1.807) is 56.0 Å². The van der Waals surface area contributed by atoms with Crippen LogP contribution in [0.15, 0.2) is 113 Å². The molecule has 0 aliphatic carbocycles. The van der Waals surface area contributed by atoms with E-state index in [1.165, 1.54) is 0 Å². The number of nitrogens with one attached hydrogen (secondary N) is 2. The summed E-state index contributed by atoms with van der Waals surface area (Å²) in [4.78, 5) is 45.6. The van der Waals surface area contributed by atoms with Gasteiger partial charge in [0.15, 0.2) is 11.2 Å². The monoisotopic (exact) mass is 655 g/mol. The molecular formula is C39H37N5O5. The van der Waals surface area contributed by atoms with E-state index in [-0.39, 0.29) is 17.1 Å². The highest BCUT2D eigenvalue weighted by Gasteiger charge is 2.19. The van der Waals surface area contributed by atoms with E-state index < -0.39 is 5.91 Å². The number of likely N-dealkylation sites (N-methyl/N-ethyl adjacent to an activating group) is 1. The van der Waals surface area contributed by atoms with E-state index in [1.807, 2.05) is 54.9 Å². The van der Waals surface area contributed by atoms with Gasteiger partial charge in [0.25, 0.3) is 11.8 Å². The second kappa shape index (κ2) is 14.4. The predicted octanol–water partition coefficient (Wildman–Crippen LogP) is 6.78. The molecule has 4 aromatic carbocycles. The van der Waals surface area contributed by atoms with E-state index in [2.05, 4.69) is 39.7 Å². The van der Waals surface area contributed by atoms with Crippen LogP contribution in [0.3, 0.4) is 0 Å². The number of anilines is 2. The summed E-state index contributed by atoms with van der Waals surface area (Å²) in [6.45, 7) is 5.39.